The van der Waals surface area contributed by atoms with E-state index < -0.39 is 0 Å². The molecule has 0 bridgehead atoms. The minimum Gasteiger partial charge on any atom is -0.382 e. The van der Waals surface area contributed by atoms with Crippen LogP contribution in [0.25, 0.3) is 0 Å². The zero-order valence-corrected chi connectivity index (χ0v) is 10.3. The summed E-state index contributed by atoms with van der Waals surface area (Å²) in [4.78, 5) is 0. The van der Waals surface area contributed by atoms with Crippen molar-refractivity contribution in [2.75, 3.05) is 11.1 Å². The van der Waals surface area contributed by atoms with Crippen molar-refractivity contribution < 1.29 is 0 Å². The van der Waals surface area contributed by atoms with Gasteiger partial charge in [0, 0.05) is 16.5 Å². The first-order chi connectivity index (χ1) is 7.16. The fourth-order valence-corrected chi connectivity index (χ4v) is 3.40. The largest absolute Gasteiger partial charge is 0.382 e. The summed E-state index contributed by atoms with van der Waals surface area (Å²) in [5.41, 5.74) is 1.25. The maximum Gasteiger partial charge on any atom is 0.0342 e. The second-order valence-electron chi connectivity index (χ2n) is 4.81. The first-order valence-electron chi connectivity index (χ1n) is 5.61. The number of nitrogens with one attached hydrogen (secondary N) is 1. The standard InChI is InChI=1S/C13H19NS/c1-13(2)10-12(8-9-15-13)14-11-6-4-3-5-7-11/h3-7,12,14H,8-10H2,1-2H3. The van der Waals surface area contributed by atoms with Crippen LogP contribution in [0.3, 0.4) is 0 Å². The molecular formula is C13H19NS. The SMILES string of the molecule is CC1(C)CC(Nc2ccccc2)CCS1. The third-order valence-corrected chi connectivity index (χ3v) is 4.23. The minimum atomic E-state index is 0.435. The number of thioether (sulfide) groups is 1. The second-order valence-corrected chi connectivity index (χ2v) is 6.61. The van der Waals surface area contributed by atoms with Crippen molar-refractivity contribution in [1.29, 1.82) is 0 Å². The number of hydrogen-bond donors (Lipinski definition) is 1. The first kappa shape index (κ1) is 10.9. The van der Waals surface area contributed by atoms with Gasteiger partial charge in [-0.05, 0) is 30.7 Å². The van der Waals surface area contributed by atoms with E-state index in [0.29, 0.717) is 10.8 Å². The summed E-state index contributed by atoms with van der Waals surface area (Å²) >= 11 is 2.09. The lowest BCUT2D eigenvalue weighted by molar-refractivity contribution is 0.526. The Labute approximate surface area is 96.7 Å². The zero-order chi connectivity index (χ0) is 10.7. The molecule has 0 spiro atoms. The Morgan fingerprint density at radius 3 is 2.67 bits per heavy atom. The summed E-state index contributed by atoms with van der Waals surface area (Å²) in [5.74, 6) is 1.28. The molecule has 1 N–H and O–H groups in total. The molecule has 2 heteroatoms. The molecule has 1 atom stereocenters. The Morgan fingerprint density at radius 1 is 1.27 bits per heavy atom. The molecule has 2 rings (SSSR count). The number of hydrogen-bond acceptors (Lipinski definition) is 2. The third-order valence-electron chi connectivity index (χ3n) is 2.84. The highest BCUT2D eigenvalue weighted by atomic mass is 32.2. The number of anilines is 1. The summed E-state index contributed by atoms with van der Waals surface area (Å²) in [6, 6.07) is 11.2. The van der Waals surface area contributed by atoms with E-state index in [4.69, 9.17) is 0 Å². The predicted octanol–water partition coefficient (Wildman–Crippen LogP) is 3.77. The summed E-state index contributed by atoms with van der Waals surface area (Å²) in [7, 11) is 0. The van der Waals surface area contributed by atoms with E-state index in [-0.39, 0.29) is 0 Å². The van der Waals surface area contributed by atoms with Gasteiger partial charge in [0.2, 0.25) is 0 Å². The molecule has 15 heavy (non-hydrogen) atoms. The Hall–Kier alpha value is -0.630. The van der Waals surface area contributed by atoms with E-state index in [1.165, 1.54) is 24.3 Å². The van der Waals surface area contributed by atoms with Crippen molar-refractivity contribution in [3.8, 4) is 0 Å². The molecule has 1 aromatic rings. The van der Waals surface area contributed by atoms with Crippen LogP contribution in [-0.2, 0) is 0 Å². The van der Waals surface area contributed by atoms with Crippen LogP contribution in [0.2, 0.25) is 0 Å². The average Bonchev–Trinajstić information content (AvgIpc) is 2.17. The summed E-state index contributed by atoms with van der Waals surface area (Å²) in [5, 5.41) is 3.62. The van der Waals surface area contributed by atoms with Gasteiger partial charge in [-0.15, -0.1) is 0 Å². The number of benzene rings is 1. The summed E-state index contributed by atoms with van der Waals surface area (Å²) in [6.45, 7) is 4.69. The molecule has 82 valence electrons. The van der Waals surface area contributed by atoms with Gasteiger partial charge >= 0.3 is 0 Å². The van der Waals surface area contributed by atoms with Gasteiger partial charge in [0.25, 0.3) is 0 Å². The monoisotopic (exact) mass is 221 g/mol. The van der Waals surface area contributed by atoms with Crippen LogP contribution in [0.1, 0.15) is 26.7 Å². The normalized spacial score (nSPS) is 24.8. The van der Waals surface area contributed by atoms with Crippen LogP contribution in [0.4, 0.5) is 5.69 Å². The first-order valence-corrected chi connectivity index (χ1v) is 6.60. The van der Waals surface area contributed by atoms with Crippen LogP contribution in [0.15, 0.2) is 30.3 Å². The van der Waals surface area contributed by atoms with Crippen LogP contribution < -0.4 is 5.32 Å². The molecule has 0 radical (unpaired) electrons. The molecule has 1 saturated heterocycles. The molecule has 1 unspecified atom stereocenters. The van der Waals surface area contributed by atoms with Crippen LogP contribution in [-0.4, -0.2) is 16.5 Å². The van der Waals surface area contributed by atoms with Crippen LogP contribution in [0, 0.1) is 0 Å². The van der Waals surface area contributed by atoms with Gasteiger partial charge in [-0.3, -0.25) is 0 Å². The predicted molar refractivity (Wildman–Crippen MR) is 69.6 cm³/mol. The summed E-state index contributed by atoms with van der Waals surface area (Å²) < 4.78 is 0.435. The maximum absolute atomic E-state index is 3.62. The lowest BCUT2D eigenvalue weighted by Gasteiger charge is -2.35. The fourth-order valence-electron chi connectivity index (χ4n) is 2.13. The van der Waals surface area contributed by atoms with Crippen molar-refractivity contribution in [2.24, 2.45) is 0 Å². The molecule has 0 aromatic heterocycles. The van der Waals surface area contributed by atoms with E-state index in [2.05, 4.69) is 61.3 Å². The van der Waals surface area contributed by atoms with E-state index in [0.717, 1.165) is 0 Å². The quantitative estimate of drug-likeness (QED) is 0.816. The number of rotatable bonds is 2. The third kappa shape index (κ3) is 3.16. The van der Waals surface area contributed by atoms with Crippen molar-refractivity contribution in [3.63, 3.8) is 0 Å². The Bertz CT molecular complexity index is 308. The molecule has 1 aliphatic heterocycles. The highest BCUT2D eigenvalue weighted by molar-refractivity contribution is 8.00. The fraction of sp³-hybridized carbons (Fsp3) is 0.538. The number of para-hydroxylation sites is 1. The zero-order valence-electron chi connectivity index (χ0n) is 9.49. The molecule has 1 fully saturated rings. The molecule has 0 saturated carbocycles. The van der Waals surface area contributed by atoms with E-state index >= 15 is 0 Å². The highest BCUT2D eigenvalue weighted by Gasteiger charge is 2.28. The van der Waals surface area contributed by atoms with Gasteiger partial charge in [0.05, 0.1) is 0 Å². The molecule has 1 aromatic carbocycles. The maximum atomic E-state index is 3.62. The lowest BCUT2D eigenvalue weighted by Crippen LogP contribution is -2.34. The van der Waals surface area contributed by atoms with E-state index in [1.54, 1.807) is 0 Å². The van der Waals surface area contributed by atoms with Crippen LogP contribution in [0.5, 0.6) is 0 Å². The van der Waals surface area contributed by atoms with Crippen LogP contribution >= 0.6 is 11.8 Å². The van der Waals surface area contributed by atoms with E-state index in [1.807, 2.05) is 0 Å². The van der Waals surface area contributed by atoms with Gasteiger partial charge in [-0.2, -0.15) is 11.8 Å². The average molecular weight is 221 g/mol. The van der Waals surface area contributed by atoms with Gasteiger partial charge in [-0.1, -0.05) is 32.0 Å². The molecule has 0 amide bonds. The Morgan fingerprint density at radius 2 is 2.00 bits per heavy atom. The smallest absolute Gasteiger partial charge is 0.0342 e. The molecular weight excluding hydrogens is 202 g/mol. The van der Waals surface area contributed by atoms with Gasteiger partial charge < -0.3 is 5.32 Å². The second kappa shape index (κ2) is 4.48. The Kier molecular flexibility index (Phi) is 3.25. The van der Waals surface area contributed by atoms with Crippen molar-refractivity contribution in [3.05, 3.63) is 30.3 Å². The molecule has 1 nitrogen and oxygen atoms in total. The topological polar surface area (TPSA) is 12.0 Å². The van der Waals surface area contributed by atoms with Gasteiger partial charge in [0.1, 0.15) is 0 Å². The molecule has 1 heterocycles. The Balaban J connectivity index is 1.95. The van der Waals surface area contributed by atoms with E-state index in [9.17, 15) is 0 Å². The summed E-state index contributed by atoms with van der Waals surface area (Å²) in [6.07, 6.45) is 2.54. The minimum absolute atomic E-state index is 0.435. The molecule has 1 aliphatic rings. The van der Waals surface area contributed by atoms with Crippen molar-refractivity contribution >= 4 is 17.4 Å². The van der Waals surface area contributed by atoms with Gasteiger partial charge in [0.15, 0.2) is 0 Å². The lowest BCUT2D eigenvalue weighted by atomic mass is 10.00. The molecule has 0 aliphatic carbocycles. The highest BCUT2D eigenvalue weighted by Crippen LogP contribution is 2.36. The van der Waals surface area contributed by atoms with Crippen molar-refractivity contribution in [2.45, 2.75) is 37.5 Å². The van der Waals surface area contributed by atoms with Gasteiger partial charge in [-0.25, -0.2) is 0 Å². The van der Waals surface area contributed by atoms with Crippen molar-refractivity contribution in [1.82, 2.24) is 0 Å².